The van der Waals surface area contributed by atoms with Crippen molar-refractivity contribution in [1.29, 1.82) is 0 Å². The van der Waals surface area contributed by atoms with Crippen molar-refractivity contribution in [3.05, 3.63) is 0 Å². The van der Waals surface area contributed by atoms with E-state index in [1.54, 1.807) is 0 Å². The van der Waals surface area contributed by atoms with E-state index in [0.717, 1.165) is 31.6 Å². The van der Waals surface area contributed by atoms with Crippen LogP contribution in [0, 0.1) is 11.8 Å². The van der Waals surface area contributed by atoms with Crippen molar-refractivity contribution < 1.29 is 4.74 Å². The number of hydrogen-bond donors (Lipinski definition) is 1. The van der Waals surface area contributed by atoms with Crippen molar-refractivity contribution in [2.24, 2.45) is 17.6 Å². The minimum Gasteiger partial charge on any atom is -0.381 e. The molecule has 0 aromatic heterocycles. The average molecular weight is 287 g/mol. The third-order valence-corrected chi connectivity index (χ3v) is 3.74. The lowest BCUT2D eigenvalue weighted by atomic mass is 10.0. The van der Waals surface area contributed by atoms with E-state index in [4.69, 9.17) is 10.5 Å². The molecule has 0 amide bonds. The smallest absolute Gasteiger partial charge is 0.0469 e. The third kappa shape index (κ3) is 10.6. The topological polar surface area (TPSA) is 41.7 Å². The van der Waals surface area contributed by atoms with Gasteiger partial charge in [0.2, 0.25) is 0 Å². The summed E-state index contributed by atoms with van der Waals surface area (Å²) in [5.41, 5.74) is 5.48. The first-order chi connectivity index (χ1) is 9.53. The van der Waals surface area contributed by atoms with Gasteiger partial charge in [0.15, 0.2) is 0 Å². The van der Waals surface area contributed by atoms with Gasteiger partial charge in [-0.3, -0.25) is 4.90 Å². The quantitative estimate of drug-likeness (QED) is 0.729. The van der Waals surface area contributed by atoms with Crippen LogP contribution < -0.4 is 5.73 Å². The second-order valence-corrected chi connectivity index (χ2v) is 6.16. The van der Waals surface area contributed by atoms with Crippen LogP contribution in [0.4, 0.5) is 0 Å². The number of ether oxygens (including phenoxy) is 1. The predicted octanol–water partition coefficient (Wildman–Crippen LogP) is 2.25. The summed E-state index contributed by atoms with van der Waals surface area (Å²) in [6.45, 7) is 16.2. The van der Waals surface area contributed by atoms with E-state index in [-0.39, 0.29) is 0 Å². The molecule has 0 aromatic carbocycles. The Morgan fingerprint density at radius 2 is 1.70 bits per heavy atom. The SMILES string of the molecule is CCN(CC)CC(C)C.CN(CN)CC1CCOCC1. The summed E-state index contributed by atoms with van der Waals surface area (Å²) in [5, 5.41) is 0. The Morgan fingerprint density at radius 1 is 1.15 bits per heavy atom. The summed E-state index contributed by atoms with van der Waals surface area (Å²) in [4.78, 5) is 4.61. The Hall–Kier alpha value is -0.160. The van der Waals surface area contributed by atoms with E-state index >= 15 is 0 Å². The second-order valence-electron chi connectivity index (χ2n) is 6.16. The predicted molar refractivity (Wildman–Crippen MR) is 87.9 cm³/mol. The maximum Gasteiger partial charge on any atom is 0.0469 e. The van der Waals surface area contributed by atoms with E-state index < -0.39 is 0 Å². The first kappa shape index (κ1) is 19.8. The fourth-order valence-corrected chi connectivity index (χ4v) is 2.44. The molecular weight excluding hydrogens is 250 g/mol. The van der Waals surface area contributed by atoms with Gasteiger partial charge in [-0.2, -0.15) is 0 Å². The molecule has 1 fully saturated rings. The monoisotopic (exact) mass is 287 g/mol. The number of nitrogens with zero attached hydrogens (tertiary/aromatic N) is 2. The maximum absolute atomic E-state index is 5.48. The van der Waals surface area contributed by atoms with Crippen molar-refractivity contribution in [1.82, 2.24) is 9.80 Å². The first-order valence-corrected chi connectivity index (χ1v) is 8.22. The van der Waals surface area contributed by atoms with Gasteiger partial charge in [-0.1, -0.05) is 27.7 Å². The van der Waals surface area contributed by atoms with E-state index in [2.05, 4.69) is 44.5 Å². The van der Waals surface area contributed by atoms with Crippen LogP contribution in [0.2, 0.25) is 0 Å². The molecule has 20 heavy (non-hydrogen) atoms. The number of rotatable bonds is 7. The van der Waals surface area contributed by atoms with Crippen molar-refractivity contribution in [2.75, 3.05) is 53.1 Å². The minimum absolute atomic E-state index is 0.664. The zero-order valence-electron chi connectivity index (χ0n) is 14.4. The molecule has 4 nitrogen and oxygen atoms in total. The molecule has 1 heterocycles. The molecule has 0 aliphatic carbocycles. The highest BCUT2D eigenvalue weighted by Gasteiger charge is 2.14. The van der Waals surface area contributed by atoms with Crippen LogP contribution in [0.25, 0.3) is 0 Å². The molecule has 0 atom stereocenters. The van der Waals surface area contributed by atoms with Gasteiger partial charge in [0, 0.05) is 33.0 Å². The summed E-state index contributed by atoms with van der Waals surface area (Å²) in [7, 11) is 2.06. The minimum atomic E-state index is 0.664. The van der Waals surface area contributed by atoms with Gasteiger partial charge in [0.1, 0.15) is 0 Å². The lowest BCUT2D eigenvalue weighted by molar-refractivity contribution is 0.0560. The number of nitrogens with two attached hydrogens (primary N) is 1. The highest BCUT2D eigenvalue weighted by Crippen LogP contribution is 2.14. The third-order valence-electron chi connectivity index (χ3n) is 3.74. The fraction of sp³-hybridized carbons (Fsp3) is 1.00. The molecule has 0 spiro atoms. The van der Waals surface area contributed by atoms with E-state index in [1.165, 1.54) is 32.5 Å². The van der Waals surface area contributed by atoms with Gasteiger partial charge in [-0.25, -0.2) is 0 Å². The number of hydrogen-bond acceptors (Lipinski definition) is 4. The Labute approximate surface area is 126 Å². The summed E-state index contributed by atoms with van der Waals surface area (Å²) < 4.78 is 5.27. The zero-order valence-corrected chi connectivity index (χ0v) is 14.4. The van der Waals surface area contributed by atoms with Gasteiger partial charge in [-0.05, 0) is 44.8 Å². The highest BCUT2D eigenvalue weighted by molar-refractivity contribution is 4.66. The van der Waals surface area contributed by atoms with Crippen LogP contribution in [0.3, 0.4) is 0 Å². The first-order valence-electron chi connectivity index (χ1n) is 8.22. The van der Waals surface area contributed by atoms with Gasteiger partial charge < -0.3 is 15.4 Å². The highest BCUT2D eigenvalue weighted by atomic mass is 16.5. The van der Waals surface area contributed by atoms with Gasteiger partial charge >= 0.3 is 0 Å². The van der Waals surface area contributed by atoms with Gasteiger partial charge in [0.25, 0.3) is 0 Å². The molecule has 0 aromatic rings. The Balaban J connectivity index is 0.000000370. The van der Waals surface area contributed by atoms with Crippen LogP contribution in [-0.4, -0.2) is 62.9 Å². The van der Waals surface area contributed by atoms with Crippen LogP contribution in [0.1, 0.15) is 40.5 Å². The van der Waals surface area contributed by atoms with Crippen molar-refractivity contribution in [3.8, 4) is 0 Å². The summed E-state index contributed by atoms with van der Waals surface area (Å²) in [6, 6.07) is 0. The summed E-state index contributed by atoms with van der Waals surface area (Å²) >= 11 is 0. The maximum atomic E-state index is 5.48. The normalized spacial score (nSPS) is 16.6. The van der Waals surface area contributed by atoms with Gasteiger partial charge in [0.05, 0.1) is 0 Å². The van der Waals surface area contributed by atoms with Crippen molar-refractivity contribution >= 4 is 0 Å². The Morgan fingerprint density at radius 3 is 2.05 bits per heavy atom. The Bertz CT molecular complexity index is 202. The molecular formula is C16H37N3O. The molecule has 0 unspecified atom stereocenters. The largest absolute Gasteiger partial charge is 0.381 e. The van der Waals surface area contributed by atoms with Gasteiger partial charge in [-0.15, -0.1) is 0 Å². The molecule has 0 radical (unpaired) electrons. The van der Waals surface area contributed by atoms with E-state index in [0.29, 0.717) is 6.67 Å². The zero-order chi connectivity index (χ0) is 15.4. The van der Waals surface area contributed by atoms with Crippen LogP contribution in [-0.2, 0) is 4.74 Å². The van der Waals surface area contributed by atoms with Crippen molar-refractivity contribution in [2.45, 2.75) is 40.5 Å². The molecule has 0 saturated carbocycles. The molecule has 4 heteroatoms. The molecule has 1 rings (SSSR count). The molecule has 1 saturated heterocycles. The second kappa shape index (κ2) is 12.6. The van der Waals surface area contributed by atoms with E-state index in [9.17, 15) is 0 Å². The lowest BCUT2D eigenvalue weighted by Gasteiger charge is -2.25. The molecule has 1 aliphatic rings. The lowest BCUT2D eigenvalue weighted by Crippen LogP contribution is -2.33. The standard InChI is InChI=1S/C8H18N2O.C8H19N/c1-10(7-9)6-8-2-4-11-5-3-8;1-5-9(6-2)7-8(3)4/h8H,2-7,9H2,1H3;8H,5-7H2,1-4H3. The molecule has 0 bridgehead atoms. The molecule has 1 aliphatic heterocycles. The van der Waals surface area contributed by atoms with Crippen LogP contribution >= 0.6 is 0 Å². The molecule has 122 valence electrons. The van der Waals surface area contributed by atoms with Crippen LogP contribution in [0.15, 0.2) is 0 Å². The van der Waals surface area contributed by atoms with Crippen molar-refractivity contribution in [3.63, 3.8) is 0 Å². The molecule has 2 N–H and O–H groups in total. The average Bonchev–Trinajstić information content (AvgIpc) is 2.46. The summed E-state index contributed by atoms with van der Waals surface area (Å²) in [5.74, 6) is 1.61. The summed E-state index contributed by atoms with van der Waals surface area (Å²) in [6.07, 6.45) is 2.40. The Kier molecular flexibility index (Phi) is 12.5. The van der Waals surface area contributed by atoms with E-state index in [1.807, 2.05) is 0 Å². The fourth-order valence-electron chi connectivity index (χ4n) is 2.44. The van der Waals surface area contributed by atoms with Crippen LogP contribution in [0.5, 0.6) is 0 Å².